The quantitative estimate of drug-likeness (QED) is 0.444. The summed E-state index contributed by atoms with van der Waals surface area (Å²) in [5.74, 6) is -0.462. The molecule has 3 aromatic rings. The lowest BCUT2D eigenvalue weighted by Crippen LogP contribution is -2.41. The topological polar surface area (TPSA) is 49.9 Å². The monoisotopic (exact) mass is 490 g/mol. The number of sulfonamides is 1. The van der Waals surface area contributed by atoms with Gasteiger partial charge in [-0.1, -0.05) is 60.7 Å². The summed E-state index contributed by atoms with van der Waals surface area (Å²) in [6, 6.07) is 23.4. The number of halogens is 3. The van der Waals surface area contributed by atoms with Gasteiger partial charge in [0.15, 0.2) is 0 Å². The third kappa shape index (κ3) is 6.16. The van der Waals surface area contributed by atoms with Crippen LogP contribution in [0.15, 0.2) is 89.8 Å². The van der Waals surface area contributed by atoms with E-state index in [0.29, 0.717) is 13.0 Å². The maximum Gasteiger partial charge on any atom is 0.573 e. The third-order valence-electron chi connectivity index (χ3n) is 5.75. The first-order valence-electron chi connectivity index (χ1n) is 10.9. The van der Waals surface area contributed by atoms with Gasteiger partial charge < -0.3 is 4.74 Å². The van der Waals surface area contributed by atoms with E-state index >= 15 is 0 Å². The van der Waals surface area contributed by atoms with Crippen molar-refractivity contribution in [3.63, 3.8) is 0 Å². The van der Waals surface area contributed by atoms with E-state index < -0.39 is 22.1 Å². The Labute approximate surface area is 197 Å². The van der Waals surface area contributed by atoms with Crippen LogP contribution in [0.2, 0.25) is 0 Å². The molecule has 180 valence electrons. The van der Waals surface area contributed by atoms with Crippen LogP contribution in [0.1, 0.15) is 17.5 Å². The molecular weight excluding hydrogens is 465 g/mol. The number of hydrogen-bond acceptors (Lipinski definition) is 4. The number of ether oxygens (including phenoxy) is 1. The van der Waals surface area contributed by atoms with Crippen LogP contribution >= 0.6 is 0 Å². The Morgan fingerprint density at radius 3 is 2.06 bits per heavy atom. The Morgan fingerprint density at radius 2 is 1.47 bits per heavy atom. The first-order chi connectivity index (χ1) is 16.2. The summed E-state index contributed by atoms with van der Waals surface area (Å²) >= 11 is 0. The Kier molecular flexibility index (Phi) is 7.25. The molecule has 0 spiro atoms. The van der Waals surface area contributed by atoms with Crippen molar-refractivity contribution in [1.82, 2.24) is 9.21 Å². The lowest BCUT2D eigenvalue weighted by Gasteiger charge is -2.29. The van der Waals surface area contributed by atoms with E-state index in [9.17, 15) is 21.6 Å². The third-order valence-corrected chi connectivity index (χ3v) is 7.66. The minimum atomic E-state index is -4.84. The van der Waals surface area contributed by atoms with Gasteiger partial charge in [0.05, 0.1) is 4.90 Å². The molecule has 9 heteroatoms. The van der Waals surface area contributed by atoms with E-state index in [1.807, 2.05) is 60.7 Å². The van der Waals surface area contributed by atoms with Crippen LogP contribution in [-0.4, -0.2) is 43.1 Å². The van der Waals surface area contributed by atoms with E-state index in [-0.39, 0.29) is 17.5 Å². The fourth-order valence-electron chi connectivity index (χ4n) is 4.15. The Morgan fingerprint density at radius 1 is 0.882 bits per heavy atom. The highest BCUT2D eigenvalue weighted by Crippen LogP contribution is 2.29. The first-order valence-corrected chi connectivity index (χ1v) is 12.3. The molecule has 0 radical (unpaired) electrons. The van der Waals surface area contributed by atoms with Crippen molar-refractivity contribution in [2.45, 2.75) is 36.8 Å². The standard InChI is InChI=1S/C25H25F3N2O3S/c26-25(27,28)33-23-11-13-24(14-12-23)34(31,32)30(18-21-9-5-2-6-10-21)22-15-16-29(19-22)17-20-7-3-1-4-8-20/h1-14,22H,15-19H2. The molecule has 1 heterocycles. The normalized spacial score (nSPS) is 17.2. The molecular formula is C25H25F3N2O3S. The molecule has 1 aliphatic heterocycles. The lowest BCUT2D eigenvalue weighted by atomic mass is 10.2. The van der Waals surface area contributed by atoms with Gasteiger partial charge in [-0.3, -0.25) is 4.90 Å². The second-order valence-corrected chi connectivity index (χ2v) is 10.1. The molecule has 3 aromatic carbocycles. The van der Waals surface area contributed by atoms with Gasteiger partial charge in [0, 0.05) is 32.2 Å². The summed E-state index contributed by atoms with van der Waals surface area (Å²) < 4.78 is 70.1. The van der Waals surface area contributed by atoms with Crippen LogP contribution in [0.4, 0.5) is 13.2 Å². The zero-order chi connectivity index (χ0) is 24.2. The minimum absolute atomic E-state index is 0.0699. The lowest BCUT2D eigenvalue weighted by molar-refractivity contribution is -0.274. The first kappa shape index (κ1) is 24.3. The van der Waals surface area contributed by atoms with Crippen LogP contribution in [-0.2, 0) is 23.1 Å². The van der Waals surface area contributed by atoms with Crippen LogP contribution in [0, 0.1) is 0 Å². The summed E-state index contributed by atoms with van der Waals surface area (Å²) in [6.07, 6.45) is -4.18. The largest absolute Gasteiger partial charge is 0.573 e. The number of nitrogens with zero attached hydrogens (tertiary/aromatic N) is 2. The van der Waals surface area contributed by atoms with E-state index in [2.05, 4.69) is 9.64 Å². The summed E-state index contributed by atoms with van der Waals surface area (Å²) in [7, 11) is -3.97. The van der Waals surface area contributed by atoms with Crippen molar-refractivity contribution in [1.29, 1.82) is 0 Å². The van der Waals surface area contributed by atoms with Gasteiger partial charge in [-0.05, 0) is 41.8 Å². The summed E-state index contributed by atoms with van der Waals surface area (Å²) in [5.41, 5.74) is 1.99. The molecule has 0 amide bonds. The molecule has 0 saturated carbocycles. The minimum Gasteiger partial charge on any atom is -0.406 e. The van der Waals surface area contributed by atoms with Crippen molar-refractivity contribution in [3.8, 4) is 5.75 Å². The fourth-order valence-corrected chi connectivity index (χ4v) is 5.79. The Hall–Kier alpha value is -2.88. The highest BCUT2D eigenvalue weighted by Gasteiger charge is 2.36. The van der Waals surface area contributed by atoms with Gasteiger partial charge in [0.2, 0.25) is 10.0 Å². The zero-order valence-electron chi connectivity index (χ0n) is 18.4. The summed E-state index contributed by atoms with van der Waals surface area (Å²) in [6.45, 7) is 2.21. The number of hydrogen-bond donors (Lipinski definition) is 0. The Bertz CT molecular complexity index is 1170. The second kappa shape index (κ2) is 10.2. The molecule has 1 fully saturated rings. The highest BCUT2D eigenvalue weighted by atomic mass is 32.2. The molecule has 1 atom stereocenters. The predicted molar refractivity (Wildman–Crippen MR) is 122 cm³/mol. The van der Waals surface area contributed by atoms with Crippen LogP contribution in [0.5, 0.6) is 5.75 Å². The van der Waals surface area contributed by atoms with Crippen molar-refractivity contribution in [2.24, 2.45) is 0 Å². The fraction of sp³-hybridized carbons (Fsp3) is 0.280. The van der Waals surface area contributed by atoms with E-state index in [0.717, 1.165) is 48.5 Å². The molecule has 0 aliphatic carbocycles. The number of alkyl halides is 3. The molecule has 0 aromatic heterocycles. The molecule has 5 nitrogen and oxygen atoms in total. The molecule has 1 aliphatic rings. The van der Waals surface area contributed by atoms with Gasteiger partial charge in [0.25, 0.3) is 0 Å². The number of likely N-dealkylation sites (tertiary alicyclic amines) is 1. The van der Waals surface area contributed by atoms with Crippen LogP contribution < -0.4 is 4.74 Å². The smallest absolute Gasteiger partial charge is 0.406 e. The summed E-state index contributed by atoms with van der Waals surface area (Å²) in [5, 5.41) is 0. The average molecular weight is 491 g/mol. The maximum absolute atomic E-state index is 13.6. The number of benzene rings is 3. The predicted octanol–water partition coefficient (Wildman–Crippen LogP) is 5.05. The Balaban J connectivity index is 1.57. The van der Waals surface area contributed by atoms with Crippen LogP contribution in [0.3, 0.4) is 0 Å². The summed E-state index contributed by atoms with van der Waals surface area (Å²) in [4.78, 5) is 2.15. The van der Waals surface area contributed by atoms with Gasteiger partial charge in [-0.25, -0.2) is 8.42 Å². The van der Waals surface area contributed by atoms with Crippen molar-refractivity contribution in [3.05, 3.63) is 96.1 Å². The molecule has 4 rings (SSSR count). The average Bonchev–Trinajstić information content (AvgIpc) is 3.26. The van der Waals surface area contributed by atoms with Crippen molar-refractivity contribution >= 4 is 10.0 Å². The molecule has 34 heavy (non-hydrogen) atoms. The van der Waals surface area contributed by atoms with Crippen molar-refractivity contribution < 1.29 is 26.3 Å². The zero-order valence-corrected chi connectivity index (χ0v) is 19.2. The number of rotatable bonds is 8. The molecule has 0 N–H and O–H groups in total. The molecule has 1 saturated heterocycles. The van der Waals surface area contributed by atoms with Gasteiger partial charge in [-0.15, -0.1) is 13.2 Å². The van der Waals surface area contributed by atoms with E-state index in [1.54, 1.807) is 0 Å². The maximum atomic E-state index is 13.6. The van der Waals surface area contributed by atoms with Crippen LogP contribution in [0.25, 0.3) is 0 Å². The van der Waals surface area contributed by atoms with Gasteiger partial charge in [-0.2, -0.15) is 4.31 Å². The van der Waals surface area contributed by atoms with Gasteiger partial charge >= 0.3 is 6.36 Å². The van der Waals surface area contributed by atoms with E-state index in [1.165, 1.54) is 4.31 Å². The second-order valence-electron chi connectivity index (χ2n) is 8.22. The highest BCUT2D eigenvalue weighted by molar-refractivity contribution is 7.89. The van der Waals surface area contributed by atoms with Crippen molar-refractivity contribution in [2.75, 3.05) is 13.1 Å². The molecule has 1 unspecified atom stereocenters. The SMILES string of the molecule is O=S(=O)(c1ccc(OC(F)(F)F)cc1)N(Cc1ccccc1)C1CCN(Cc2ccccc2)C1. The van der Waals surface area contributed by atoms with Gasteiger partial charge in [0.1, 0.15) is 5.75 Å². The molecule has 0 bridgehead atoms. The van der Waals surface area contributed by atoms with E-state index in [4.69, 9.17) is 0 Å².